The Hall–Kier alpha value is 1.25. The molecule has 0 aliphatic heterocycles. The molecule has 0 aliphatic rings. The van der Waals surface area contributed by atoms with Crippen LogP contribution in [0.25, 0.3) is 0 Å². The molecule has 0 heterocycles. The minimum atomic E-state index is -0.839. The summed E-state index contributed by atoms with van der Waals surface area (Å²) in [7, 11) is 2.63. The molecule has 1 atom stereocenters. The molecule has 0 spiro atoms. The van der Waals surface area contributed by atoms with Crippen LogP contribution in [0, 0.1) is 0 Å². The first kappa shape index (κ1) is 36.4. The normalized spacial score (nSPS) is 10.6. The van der Waals surface area contributed by atoms with Crippen molar-refractivity contribution in [1.82, 2.24) is 0 Å². The quantitative estimate of drug-likeness (QED) is 0.106. The molecule has 0 fully saturated rings. The molecule has 0 bridgehead atoms. The van der Waals surface area contributed by atoms with E-state index in [2.05, 4.69) is 50.8 Å². The van der Waals surface area contributed by atoms with E-state index in [-0.39, 0.29) is 0 Å². The summed E-state index contributed by atoms with van der Waals surface area (Å²) in [5.74, 6) is 0. The Balaban J connectivity index is 0. The maximum atomic E-state index is 2.63. The summed E-state index contributed by atoms with van der Waals surface area (Å²) in [6.07, 6.45) is 17.7. The van der Waals surface area contributed by atoms with Gasteiger partial charge in [-0.25, -0.2) is 0 Å². The molecule has 1 aromatic rings. The Bertz CT molecular complexity index is 390. The predicted octanol–water partition coefficient (Wildman–Crippen LogP) is 10.9. The van der Waals surface area contributed by atoms with Crippen LogP contribution in [-0.4, -0.2) is 39.5 Å². The van der Waals surface area contributed by atoms with Crippen LogP contribution in [0.3, 0.4) is 0 Å². The molecule has 2 radical (unpaired) electrons. The van der Waals surface area contributed by atoms with Crippen LogP contribution in [-0.2, 0) is 0 Å². The van der Waals surface area contributed by atoms with Gasteiger partial charge in [0, 0.05) is 0 Å². The first-order valence-corrected chi connectivity index (χ1v) is 27.2. The van der Waals surface area contributed by atoms with Crippen molar-refractivity contribution >= 4 is 54.1 Å². The average Bonchev–Trinajstić information content (AvgIpc) is 2.84. The fourth-order valence-corrected chi connectivity index (χ4v) is 22.9. The average molecular weight is 690 g/mol. The Morgan fingerprint density at radius 1 is 0.455 bits per heavy atom. The van der Waals surface area contributed by atoms with Gasteiger partial charge in [0.05, 0.1) is 0 Å². The molecule has 1 rings (SSSR count). The van der Waals surface area contributed by atoms with E-state index in [1.54, 1.807) is 26.6 Å². The molecule has 3 heteroatoms. The Morgan fingerprint density at radius 2 is 0.697 bits per heavy atom. The van der Waals surface area contributed by atoms with Crippen LogP contribution in [0.5, 0.6) is 0 Å². The van der Waals surface area contributed by atoms with E-state index >= 15 is 0 Å². The number of hydrogen-bond donors (Lipinski definition) is 0. The molecular formula is C30H61PSn2. The van der Waals surface area contributed by atoms with Crippen molar-refractivity contribution in [2.75, 3.05) is 0 Å². The molecule has 194 valence electrons. The van der Waals surface area contributed by atoms with Gasteiger partial charge in [-0.15, -0.1) is 9.24 Å². The van der Waals surface area contributed by atoms with Gasteiger partial charge in [-0.1, -0.05) is 30.3 Å². The van der Waals surface area contributed by atoms with Gasteiger partial charge >= 0.3 is 185 Å². The van der Waals surface area contributed by atoms with Crippen molar-refractivity contribution in [1.29, 1.82) is 0 Å². The maximum absolute atomic E-state index is 2.63. The van der Waals surface area contributed by atoms with Crippen molar-refractivity contribution in [3.8, 4) is 0 Å². The number of benzene rings is 1. The van der Waals surface area contributed by atoms with Gasteiger partial charge in [0.25, 0.3) is 0 Å². The second kappa shape index (κ2) is 31.3. The van der Waals surface area contributed by atoms with Crippen molar-refractivity contribution in [3.63, 3.8) is 0 Å². The zero-order chi connectivity index (χ0) is 25.0. The van der Waals surface area contributed by atoms with Crippen LogP contribution < -0.4 is 5.30 Å². The van der Waals surface area contributed by atoms with Gasteiger partial charge in [0.2, 0.25) is 0 Å². The third-order valence-corrected chi connectivity index (χ3v) is 24.7. The molecule has 33 heavy (non-hydrogen) atoms. The summed E-state index contributed by atoms with van der Waals surface area (Å²) in [6, 6.07) is 10.1. The molecule has 0 nitrogen and oxygen atoms in total. The summed E-state index contributed by atoms with van der Waals surface area (Å²) in [4.78, 5) is 0. The third kappa shape index (κ3) is 29.4. The zero-order valence-electron chi connectivity index (χ0n) is 23.7. The Morgan fingerprint density at radius 3 is 0.848 bits per heavy atom. The van der Waals surface area contributed by atoms with Gasteiger partial charge in [-0.05, 0) is 5.30 Å². The summed E-state index contributed by atoms with van der Waals surface area (Å²) in [6.45, 7) is 14.0. The number of unbranched alkanes of at least 4 members (excludes halogenated alkanes) is 6. The van der Waals surface area contributed by atoms with Crippen LogP contribution in [0.15, 0.2) is 30.3 Å². The minimum Gasteiger partial charge on any atom is -0.106 e. The number of rotatable bonds is 18. The van der Waals surface area contributed by atoms with E-state index in [1.807, 2.05) is 30.3 Å². The SMILES string of the molecule is CCC[CH2][Sn]([CH2]CCC)[CH2]CCC.CCC[CH2][Sn]([CH2]CCC)[CH2]CCC.Pc1ccccc1. The fourth-order valence-electron chi connectivity index (χ4n) is 3.76. The standard InChI is InChI=1S/C6H7P.6C4H9.2Sn/c7-6-4-2-1-3-5-6;6*1-3-4-2;;/h1-5H,7H2;6*1,3-4H2,2H3;;. The predicted molar refractivity (Wildman–Crippen MR) is 166 cm³/mol. The van der Waals surface area contributed by atoms with Crippen LogP contribution in [0.2, 0.25) is 26.6 Å². The van der Waals surface area contributed by atoms with Gasteiger partial charge in [-0.2, -0.15) is 0 Å². The molecule has 0 N–H and O–H groups in total. The largest absolute Gasteiger partial charge is 0.106 e. The van der Waals surface area contributed by atoms with Crippen molar-refractivity contribution < 1.29 is 0 Å². The first-order valence-electron chi connectivity index (χ1n) is 14.6. The molecule has 0 saturated heterocycles. The molecule has 1 unspecified atom stereocenters. The Kier molecular flexibility index (Phi) is 34.5. The van der Waals surface area contributed by atoms with Gasteiger partial charge in [-0.3, -0.25) is 0 Å². The number of hydrogen-bond acceptors (Lipinski definition) is 0. The molecule has 0 saturated carbocycles. The zero-order valence-corrected chi connectivity index (χ0v) is 30.6. The molecule has 0 aromatic heterocycles. The van der Waals surface area contributed by atoms with Gasteiger partial charge < -0.3 is 0 Å². The second-order valence-corrected chi connectivity index (χ2v) is 27.3. The minimum absolute atomic E-state index is 0.839. The van der Waals surface area contributed by atoms with E-state index in [0.717, 1.165) is 0 Å². The first-order chi connectivity index (χ1) is 16.1. The van der Waals surface area contributed by atoms with E-state index in [9.17, 15) is 0 Å². The summed E-state index contributed by atoms with van der Waals surface area (Å²) >= 11 is -1.68. The fraction of sp³-hybridized carbons (Fsp3) is 0.800. The van der Waals surface area contributed by atoms with Crippen LogP contribution in [0.1, 0.15) is 119 Å². The van der Waals surface area contributed by atoms with E-state index in [1.165, 1.54) is 82.4 Å². The summed E-state index contributed by atoms with van der Waals surface area (Å²) in [5.41, 5.74) is 0. The molecule has 0 amide bonds. The van der Waals surface area contributed by atoms with Crippen LogP contribution >= 0.6 is 9.24 Å². The van der Waals surface area contributed by atoms with Gasteiger partial charge in [0.15, 0.2) is 0 Å². The topological polar surface area (TPSA) is 0 Å². The molecule has 0 aliphatic carbocycles. The maximum Gasteiger partial charge on any atom is -0.0303 e. The summed E-state index contributed by atoms with van der Waals surface area (Å²) in [5, 5.41) is 1.24. The smallest absolute Gasteiger partial charge is 0.0303 e. The Labute approximate surface area is 227 Å². The van der Waals surface area contributed by atoms with E-state index < -0.39 is 39.5 Å². The monoisotopic (exact) mass is 692 g/mol. The van der Waals surface area contributed by atoms with Crippen LogP contribution in [0.4, 0.5) is 0 Å². The summed E-state index contributed by atoms with van der Waals surface area (Å²) < 4.78 is 10.1. The molecule has 1 aromatic carbocycles. The van der Waals surface area contributed by atoms with Crippen molar-refractivity contribution in [2.45, 2.75) is 145 Å². The molecular weight excluding hydrogens is 629 g/mol. The van der Waals surface area contributed by atoms with E-state index in [4.69, 9.17) is 0 Å². The van der Waals surface area contributed by atoms with Crippen molar-refractivity contribution in [2.24, 2.45) is 0 Å². The van der Waals surface area contributed by atoms with Gasteiger partial charge in [0.1, 0.15) is 0 Å². The second-order valence-electron chi connectivity index (χ2n) is 9.53. The van der Waals surface area contributed by atoms with E-state index in [0.29, 0.717) is 0 Å². The van der Waals surface area contributed by atoms with Crippen molar-refractivity contribution in [3.05, 3.63) is 30.3 Å². The third-order valence-electron chi connectivity index (χ3n) is 6.10.